The van der Waals surface area contributed by atoms with Gasteiger partial charge in [-0.25, -0.2) is 9.97 Å². The first kappa shape index (κ1) is 26.4. The molecule has 2 heterocycles. The standard InChI is InChI=1S/C26H30ClN7O2S/c1-17-12-18(2)29-24(28-17)31-25(32-26(37)30-20-14-22(35-3)16-23(15-20)36-4)34-10-8-33(9-11-34)21-7-5-6-19(27)13-21/h5-7,12-16H,8-11H2,1-4H3,(H2,28,29,30,31,32,37). The van der Waals surface area contributed by atoms with Crippen molar-refractivity contribution in [1.82, 2.24) is 14.9 Å². The molecule has 1 fully saturated rings. The van der Waals surface area contributed by atoms with Crippen molar-refractivity contribution in [3.63, 3.8) is 0 Å². The molecule has 0 aliphatic carbocycles. The number of hydrogen-bond acceptors (Lipinski definition) is 6. The van der Waals surface area contributed by atoms with E-state index in [9.17, 15) is 0 Å². The molecule has 11 heteroatoms. The first-order chi connectivity index (χ1) is 17.8. The lowest BCUT2D eigenvalue weighted by Crippen LogP contribution is -2.51. The van der Waals surface area contributed by atoms with Gasteiger partial charge in [0.25, 0.3) is 0 Å². The Morgan fingerprint density at radius 2 is 1.57 bits per heavy atom. The number of hydrogen-bond donors (Lipinski definition) is 2. The molecule has 37 heavy (non-hydrogen) atoms. The largest absolute Gasteiger partial charge is 0.497 e. The van der Waals surface area contributed by atoms with Crippen molar-refractivity contribution in [3.05, 3.63) is 64.9 Å². The van der Waals surface area contributed by atoms with Gasteiger partial charge in [0, 0.05) is 72.2 Å². The summed E-state index contributed by atoms with van der Waals surface area (Å²) >= 11 is 11.8. The minimum atomic E-state index is 0.277. The molecule has 1 aliphatic rings. The molecule has 1 aliphatic heterocycles. The molecule has 0 bridgehead atoms. The fraction of sp³-hybridized carbons (Fsp3) is 0.308. The number of nitrogens with one attached hydrogen (secondary N) is 2. The first-order valence-electron chi connectivity index (χ1n) is 11.8. The second kappa shape index (κ2) is 12.1. The number of halogens is 1. The van der Waals surface area contributed by atoms with Crippen LogP contribution in [0.3, 0.4) is 0 Å². The van der Waals surface area contributed by atoms with Gasteiger partial charge in [-0.3, -0.25) is 5.32 Å². The fourth-order valence-electron chi connectivity index (χ4n) is 4.04. The minimum absolute atomic E-state index is 0.277. The molecule has 194 valence electrons. The molecule has 0 radical (unpaired) electrons. The fourth-order valence-corrected chi connectivity index (χ4v) is 4.42. The number of methoxy groups -OCH3 is 2. The number of aliphatic imine (C=N–C) groups is 1. The molecule has 0 amide bonds. The summed E-state index contributed by atoms with van der Waals surface area (Å²) in [6.07, 6.45) is 0. The predicted octanol–water partition coefficient (Wildman–Crippen LogP) is 4.75. The summed E-state index contributed by atoms with van der Waals surface area (Å²) in [5.74, 6) is 2.34. The number of piperazine rings is 1. The molecule has 0 unspecified atom stereocenters. The van der Waals surface area contributed by atoms with Gasteiger partial charge in [-0.15, -0.1) is 0 Å². The Morgan fingerprint density at radius 1 is 0.919 bits per heavy atom. The highest BCUT2D eigenvalue weighted by molar-refractivity contribution is 7.80. The number of aryl methyl sites for hydroxylation is 2. The van der Waals surface area contributed by atoms with Crippen molar-refractivity contribution in [3.8, 4) is 11.5 Å². The lowest BCUT2D eigenvalue weighted by molar-refractivity contribution is 0.385. The van der Waals surface area contributed by atoms with E-state index in [0.717, 1.165) is 48.3 Å². The van der Waals surface area contributed by atoms with Crippen LogP contribution in [0.4, 0.5) is 17.3 Å². The van der Waals surface area contributed by atoms with Crippen LogP contribution in [-0.2, 0) is 0 Å². The SMILES string of the molecule is COc1cc(NC(=S)/N=C(/Nc2nc(C)cc(C)n2)N2CCN(c3cccc(Cl)c3)CC2)cc(OC)c1. The molecule has 0 spiro atoms. The second-order valence-electron chi connectivity index (χ2n) is 8.52. The van der Waals surface area contributed by atoms with Gasteiger partial charge in [0.05, 0.1) is 14.2 Å². The van der Waals surface area contributed by atoms with Gasteiger partial charge in [-0.1, -0.05) is 17.7 Å². The molecule has 1 saturated heterocycles. The van der Waals surface area contributed by atoms with Crippen molar-refractivity contribution < 1.29 is 9.47 Å². The summed E-state index contributed by atoms with van der Waals surface area (Å²) < 4.78 is 10.7. The topological polar surface area (TPSA) is 87.1 Å². The summed E-state index contributed by atoms with van der Waals surface area (Å²) in [7, 11) is 3.20. The van der Waals surface area contributed by atoms with E-state index in [-0.39, 0.29) is 5.11 Å². The second-order valence-corrected chi connectivity index (χ2v) is 9.34. The molecule has 2 N–H and O–H groups in total. The van der Waals surface area contributed by atoms with Crippen LogP contribution in [0, 0.1) is 13.8 Å². The van der Waals surface area contributed by atoms with E-state index < -0.39 is 0 Å². The van der Waals surface area contributed by atoms with Crippen molar-refractivity contribution in [2.24, 2.45) is 4.99 Å². The molecule has 0 saturated carbocycles. The van der Waals surface area contributed by atoms with Gasteiger partial charge in [0.2, 0.25) is 17.0 Å². The van der Waals surface area contributed by atoms with Crippen LogP contribution in [0.2, 0.25) is 5.02 Å². The lowest BCUT2D eigenvalue weighted by atomic mass is 10.2. The van der Waals surface area contributed by atoms with E-state index in [1.165, 1.54) is 0 Å². The summed E-state index contributed by atoms with van der Waals surface area (Å²) in [5.41, 5.74) is 3.53. The average Bonchev–Trinajstić information content (AvgIpc) is 2.87. The number of guanidine groups is 1. The Kier molecular flexibility index (Phi) is 8.62. The van der Waals surface area contributed by atoms with Crippen molar-refractivity contribution in [2.75, 3.05) is 55.9 Å². The Labute approximate surface area is 227 Å². The Hall–Kier alpha value is -3.63. The van der Waals surface area contributed by atoms with Crippen LogP contribution in [0.25, 0.3) is 0 Å². The Balaban J connectivity index is 1.55. The summed E-state index contributed by atoms with van der Waals surface area (Å²) in [4.78, 5) is 18.2. The maximum absolute atomic E-state index is 6.20. The summed E-state index contributed by atoms with van der Waals surface area (Å²) in [6.45, 7) is 6.90. The van der Waals surface area contributed by atoms with Crippen LogP contribution in [0.1, 0.15) is 11.4 Å². The van der Waals surface area contributed by atoms with E-state index >= 15 is 0 Å². The third-order valence-corrected chi connectivity index (χ3v) is 6.20. The molecule has 9 nitrogen and oxygen atoms in total. The molecular formula is C26H30ClN7O2S. The molecule has 1 aromatic heterocycles. The minimum Gasteiger partial charge on any atom is -0.497 e. The van der Waals surface area contributed by atoms with Gasteiger partial charge < -0.3 is 24.6 Å². The average molecular weight is 540 g/mol. The zero-order chi connectivity index (χ0) is 26.4. The molecule has 0 atom stereocenters. The van der Waals surface area contributed by atoms with Crippen LogP contribution >= 0.6 is 23.8 Å². The van der Waals surface area contributed by atoms with Crippen molar-refractivity contribution in [1.29, 1.82) is 0 Å². The zero-order valence-electron chi connectivity index (χ0n) is 21.3. The van der Waals surface area contributed by atoms with E-state index in [1.54, 1.807) is 20.3 Å². The highest BCUT2D eigenvalue weighted by atomic mass is 35.5. The monoisotopic (exact) mass is 539 g/mol. The molecule has 2 aromatic carbocycles. The number of aromatic nitrogens is 2. The van der Waals surface area contributed by atoms with Crippen LogP contribution in [0.5, 0.6) is 11.5 Å². The van der Waals surface area contributed by atoms with Gasteiger partial charge in [0.1, 0.15) is 11.5 Å². The number of thiocarbonyl (C=S) groups is 1. The smallest absolute Gasteiger partial charge is 0.229 e. The highest BCUT2D eigenvalue weighted by Crippen LogP contribution is 2.26. The van der Waals surface area contributed by atoms with Crippen LogP contribution in [0.15, 0.2) is 53.5 Å². The predicted molar refractivity (Wildman–Crippen MR) is 154 cm³/mol. The quantitative estimate of drug-likeness (QED) is 0.271. The van der Waals surface area contributed by atoms with E-state index in [2.05, 4.69) is 36.5 Å². The van der Waals surface area contributed by atoms with Crippen LogP contribution < -0.4 is 25.0 Å². The first-order valence-corrected chi connectivity index (χ1v) is 12.6. The van der Waals surface area contributed by atoms with E-state index in [0.29, 0.717) is 29.1 Å². The van der Waals surface area contributed by atoms with Gasteiger partial charge in [0.15, 0.2) is 0 Å². The Bertz CT molecular complexity index is 1250. The zero-order valence-corrected chi connectivity index (χ0v) is 22.9. The maximum atomic E-state index is 6.20. The Morgan fingerprint density at radius 3 is 2.16 bits per heavy atom. The third-order valence-electron chi connectivity index (χ3n) is 5.77. The van der Waals surface area contributed by atoms with E-state index in [4.69, 9.17) is 38.3 Å². The highest BCUT2D eigenvalue weighted by Gasteiger charge is 2.22. The van der Waals surface area contributed by atoms with Gasteiger partial charge in [-0.05, 0) is 50.3 Å². The van der Waals surface area contributed by atoms with Crippen molar-refractivity contribution >= 4 is 52.2 Å². The number of nitrogens with zero attached hydrogens (tertiary/aromatic N) is 5. The molecular weight excluding hydrogens is 510 g/mol. The normalized spacial score (nSPS) is 13.8. The third kappa shape index (κ3) is 7.21. The lowest BCUT2D eigenvalue weighted by Gasteiger charge is -2.37. The summed E-state index contributed by atoms with van der Waals surface area (Å²) in [6, 6.07) is 15.3. The number of rotatable bonds is 5. The molecule has 3 aromatic rings. The molecule has 4 rings (SSSR count). The summed E-state index contributed by atoms with van der Waals surface area (Å²) in [5, 5.41) is 7.46. The number of anilines is 3. The van der Waals surface area contributed by atoms with Gasteiger partial charge >= 0.3 is 0 Å². The van der Waals surface area contributed by atoms with E-state index in [1.807, 2.05) is 50.2 Å². The maximum Gasteiger partial charge on any atom is 0.229 e. The van der Waals surface area contributed by atoms with Gasteiger partial charge in [-0.2, -0.15) is 4.99 Å². The van der Waals surface area contributed by atoms with Crippen molar-refractivity contribution in [2.45, 2.75) is 13.8 Å². The number of ether oxygens (including phenoxy) is 2. The number of benzene rings is 2. The van der Waals surface area contributed by atoms with Crippen LogP contribution in [-0.4, -0.2) is 66.3 Å².